The molecular formula is C12H15F3O. The van der Waals surface area contributed by atoms with Crippen LogP contribution in [0, 0.1) is 0 Å². The third-order valence-electron chi connectivity index (χ3n) is 2.20. The van der Waals surface area contributed by atoms with Crippen molar-refractivity contribution in [2.75, 3.05) is 6.61 Å². The van der Waals surface area contributed by atoms with Crippen LogP contribution in [0.15, 0.2) is 24.3 Å². The fourth-order valence-corrected chi connectivity index (χ4v) is 1.28. The van der Waals surface area contributed by atoms with E-state index in [9.17, 15) is 13.2 Å². The highest BCUT2D eigenvalue weighted by Gasteiger charge is 2.29. The van der Waals surface area contributed by atoms with Gasteiger partial charge in [-0.3, -0.25) is 0 Å². The van der Waals surface area contributed by atoms with Gasteiger partial charge < -0.3 is 4.74 Å². The molecular weight excluding hydrogens is 217 g/mol. The van der Waals surface area contributed by atoms with Crippen molar-refractivity contribution in [1.29, 1.82) is 0 Å². The summed E-state index contributed by atoms with van der Waals surface area (Å²) in [4.78, 5) is 0. The Bertz CT molecular complexity index is 303. The van der Waals surface area contributed by atoms with Gasteiger partial charge in [0.25, 0.3) is 0 Å². The van der Waals surface area contributed by atoms with Crippen LogP contribution in [-0.4, -0.2) is 6.61 Å². The maximum absolute atomic E-state index is 12.2. The van der Waals surface area contributed by atoms with Crippen LogP contribution < -0.4 is 4.74 Å². The summed E-state index contributed by atoms with van der Waals surface area (Å²) in [5.74, 6) is 0.490. The van der Waals surface area contributed by atoms with E-state index in [0.29, 0.717) is 12.4 Å². The molecule has 0 aliphatic carbocycles. The standard InChI is InChI=1S/C12H15F3O/c1-2-3-4-9-16-11-7-5-10(6-8-11)12(13,14)15/h5-8H,2-4,9H2,1H3. The van der Waals surface area contributed by atoms with Crippen LogP contribution in [0.4, 0.5) is 13.2 Å². The Kier molecular flexibility index (Phi) is 4.65. The van der Waals surface area contributed by atoms with Crippen molar-refractivity contribution in [1.82, 2.24) is 0 Å². The quantitative estimate of drug-likeness (QED) is 0.689. The van der Waals surface area contributed by atoms with E-state index < -0.39 is 11.7 Å². The van der Waals surface area contributed by atoms with E-state index in [0.717, 1.165) is 31.4 Å². The first kappa shape index (κ1) is 12.9. The molecule has 1 nitrogen and oxygen atoms in total. The molecule has 16 heavy (non-hydrogen) atoms. The third kappa shape index (κ3) is 4.13. The zero-order chi connectivity index (χ0) is 12.0. The Hall–Kier alpha value is -1.19. The van der Waals surface area contributed by atoms with E-state index in [-0.39, 0.29) is 0 Å². The third-order valence-corrected chi connectivity index (χ3v) is 2.20. The maximum atomic E-state index is 12.2. The normalized spacial score (nSPS) is 11.5. The molecule has 0 aliphatic heterocycles. The molecule has 0 saturated heterocycles. The first-order valence-electron chi connectivity index (χ1n) is 5.34. The Morgan fingerprint density at radius 1 is 1.06 bits per heavy atom. The van der Waals surface area contributed by atoms with E-state index in [4.69, 9.17) is 4.74 Å². The summed E-state index contributed by atoms with van der Waals surface area (Å²) < 4.78 is 42.0. The predicted octanol–water partition coefficient (Wildman–Crippen LogP) is 4.27. The highest BCUT2D eigenvalue weighted by Crippen LogP contribution is 2.30. The number of hydrogen-bond acceptors (Lipinski definition) is 1. The molecule has 0 aliphatic rings. The second-order valence-electron chi connectivity index (χ2n) is 3.58. The highest BCUT2D eigenvalue weighted by molar-refractivity contribution is 5.28. The number of unbranched alkanes of at least 4 members (excludes halogenated alkanes) is 2. The highest BCUT2D eigenvalue weighted by atomic mass is 19.4. The van der Waals surface area contributed by atoms with Crippen molar-refractivity contribution in [2.24, 2.45) is 0 Å². The van der Waals surface area contributed by atoms with Gasteiger partial charge in [0.2, 0.25) is 0 Å². The summed E-state index contributed by atoms with van der Waals surface area (Å²) in [5, 5.41) is 0. The molecule has 0 spiro atoms. The molecule has 4 heteroatoms. The average molecular weight is 232 g/mol. The number of alkyl halides is 3. The molecule has 0 bridgehead atoms. The van der Waals surface area contributed by atoms with Crippen molar-refractivity contribution in [3.8, 4) is 5.75 Å². The van der Waals surface area contributed by atoms with E-state index in [1.165, 1.54) is 12.1 Å². The SMILES string of the molecule is CCCCCOc1ccc(C(F)(F)F)cc1. The van der Waals surface area contributed by atoms with Crippen molar-refractivity contribution in [3.63, 3.8) is 0 Å². The van der Waals surface area contributed by atoms with Crippen LogP contribution in [0.1, 0.15) is 31.7 Å². The summed E-state index contributed by atoms with van der Waals surface area (Å²) in [7, 11) is 0. The molecule has 1 aromatic carbocycles. The Morgan fingerprint density at radius 3 is 2.19 bits per heavy atom. The molecule has 0 heterocycles. The molecule has 0 fully saturated rings. The number of ether oxygens (including phenoxy) is 1. The van der Waals surface area contributed by atoms with Crippen LogP contribution in [-0.2, 0) is 6.18 Å². The molecule has 0 saturated carbocycles. The molecule has 0 aromatic heterocycles. The van der Waals surface area contributed by atoms with Crippen LogP contribution in [0.5, 0.6) is 5.75 Å². The maximum Gasteiger partial charge on any atom is 0.416 e. The van der Waals surface area contributed by atoms with Gasteiger partial charge in [0, 0.05) is 0 Å². The largest absolute Gasteiger partial charge is 0.494 e. The minimum atomic E-state index is -4.28. The van der Waals surface area contributed by atoms with Crippen LogP contribution >= 0.6 is 0 Å². The van der Waals surface area contributed by atoms with Gasteiger partial charge in [-0.25, -0.2) is 0 Å². The van der Waals surface area contributed by atoms with Gasteiger partial charge >= 0.3 is 6.18 Å². The van der Waals surface area contributed by atoms with Crippen molar-refractivity contribution in [3.05, 3.63) is 29.8 Å². The zero-order valence-electron chi connectivity index (χ0n) is 9.18. The monoisotopic (exact) mass is 232 g/mol. The summed E-state index contributed by atoms with van der Waals surface area (Å²) in [6.07, 6.45) is -1.19. The van der Waals surface area contributed by atoms with Crippen molar-refractivity contribution < 1.29 is 17.9 Å². The van der Waals surface area contributed by atoms with Crippen molar-refractivity contribution in [2.45, 2.75) is 32.4 Å². The van der Waals surface area contributed by atoms with Crippen LogP contribution in [0.25, 0.3) is 0 Å². The number of rotatable bonds is 5. The van der Waals surface area contributed by atoms with Crippen LogP contribution in [0.2, 0.25) is 0 Å². The lowest BCUT2D eigenvalue weighted by Gasteiger charge is -2.08. The Labute approximate surface area is 93.2 Å². The number of halogens is 3. The molecule has 0 amide bonds. The van der Waals surface area contributed by atoms with Gasteiger partial charge in [0.05, 0.1) is 12.2 Å². The van der Waals surface area contributed by atoms with Gasteiger partial charge in [-0.1, -0.05) is 19.8 Å². The molecule has 0 N–H and O–H groups in total. The molecule has 1 aromatic rings. The van der Waals surface area contributed by atoms with Gasteiger partial charge in [0.1, 0.15) is 5.75 Å². The lowest BCUT2D eigenvalue weighted by atomic mass is 10.2. The topological polar surface area (TPSA) is 9.23 Å². The second kappa shape index (κ2) is 5.77. The van der Waals surface area contributed by atoms with Gasteiger partial charge in [-0.05, 0) is 30.7 Å². The summed E-state index contributed by atoms with van der Waals surface area (Å²) in [5.41, 5.74) is -0.645. The summed E-state index contributed by atoms with van der Waals surface area (Å²) in [6.45, 7) is 2.64. The van der Waals surface area contributed by atoms with E-state index in [1.807, 2.05) is 0 Å². The summed E-state index contributed by atoms with van der Waals surface area (Å²) in [6, 6.07) is 4.79. The van der Waals surface area contributed by atoms with Gasteiger partial charge in [-0.2, -0.15) is 13.2 Å². The molecule has 1 rings (SSSR count). The molecule has 0 atom stereocenters. The first-order chi connectivity index (χ1) is 7.54. The second-order valence-corrected chi connectivity index (χ2v) is 3.58. The predicted molar refractivity (Wildman–Crippen MR) is 56.5 cm³/mol. The first-order valence-corrected chi connectivity index (χ1v) is 5.34. The number of hydrogen-bond donors (Lipinski definition) is 0. The zero-order valence-corrected chi connectivity index (χ0v) is 9.18. The van der Waals surface area contributed by atoms with E-state index >= 15 is 0 Å². The number of benzene rings is 1. The minimum Gasteiger partial charge on any atom is -0.494 e. The fraction of sp³-hybridized carbons (Fsp3) is 0.500. The molecule has 90 valence electrons. The fourth-order valence-electron chi connectivity index (χ4n) is 1.28. The Balaban J connectivity index is 2.46. The van der Waals surface area contributed by atoms with Gasteiger partial charge in [0.15, 0.2) is 0 Å². The lowest BCUT2D eigenvalue weighted by molar-refractivity contribution is -0.137. The van der Waals surface area contributed by atoms with E-state index in [2.05, 4.69) is 6.92 Å². The Morgan fingerprint density at radius 2 is 1.69 bits per heavy atom. The van der Waals surface area contributed by atoms with Crippen molar-refractivity contribution >= 4 is 0 Å². The average Bonchev–Trinajstić information content (AvgIpc) is 2.24. The minimum absolute atomic E-state index is 0.490. The van der Waals surface area contributed by atoms with Crippen LogP contribution in [0.3, 0.4) is 0 Å². The smallest absolute Gasteiger partial charge is 0.416 e. The van der Waals surface area contributed by atoms with E-state index in [1.54, 1.807) is 0 Å². The van der Waals surface area contributed by atoms with Gasteiger partial charge in [-0.15, -0.1) is 0 Å². The molecule has 0 radical (unpaired) electrons. The molecule has 0 unspecified atom stereocenters. The summed E-state index contributed by atoms with van der Waals surface area (Å²) >= 11 is 0. The lowest BCUT2D eigenvalue weighted by Crippen LogP contribution is -2.04.